The van der Waals surface area contributed by atoms with Crippen LogP contribution in [-0.4, -0.2) is 18.6 Å². The molecule has 0 aromatic heterocycles. The van der Waals surface area contributed by atoms with Crippen LogP contribution in [-0.2, 0) is 11.3 Å². The molecule has 3 heteroatoms. The summed E-state index contributed by atoms with van der Waals surface area (Å²) in [6.45, 7) is 0.966. The van der Waals surface area contributed by atoms with Gasteiger partial charge in [0.05, 0.1) is 12.7 Å². The average Bonchev–Trinajstić information content (AvgIpc) is 2.71. The van der Waals surface area contributed by atoms with Crippen molar-refractivity contribution in [3.05, 3.63) is 59.7 Å². The first-order valence-electron chi connectivity index (χ1n) is 10.7. The molecule has 28 heavy (non-hydrogen) atoms. The monoisotopic (exact) mass is 375 g/mol. The Labute approximate surface area is 167 Å². The zero-order valence-electron chi connectivity index (χ0n) is 16.6. The minimum absolute atomic E-state index is 0.294. The number of carbonyl (C=O) groups is 1. The highest BCUT2D eigenvalue weighted by Crippen LogP contribution is 2.55. The van der Waals surface area contributed by atoms with Crippen LogP contribution in [0, 0.1) is 17.8 Å². The lowest BCUT2D eigenvalue weighted by molar-refractivity contribution is -0.0206. The molecule has 6 rings (SSSR count). The Morgan fingerprint density at radius 1 is 0.893 bits per heavy atom. The van der Waals surface area contributed by atoms with Crippen molar-refractivity contribution in [2.45, 2.75) is 50.6 Å². The molecule has 1 N–H and O–H groups in total. The summed E-state index contributed by atoms with van der Waals surface area (Å²) in [5, 5.41) is 3.98. The van der Waals surface area contributed by atoms with Crippen LogP contribution < -0.4 is 5.32 Å². The van der Waals surface area contributed by atoms with E-state index in [2.05, 4.69) is 29.6 Å². The van der Waals surface area contributed by atoms with Gasteiger partial charge in [0.25, 0.3) is 0 Å². The molecule has 4 saturated carbocycles. The summed E-state index contributed by atoms with van der Waals surface area (Å²) in [6.07, 6.45) is 8.65. The van der Waals surface area contributed by atoms with E-state index in [0.717, 1.165) is 29.9 Å². The maximum atomic E-state index is 11.6. The molecule has 2 aromatic carbocycles. The van der Waals surface area contributed by atoms with Crippen molar-refractivity contribution in [3.8, 4) is 11.1 Å². The number of rotatable bonds is 5. The van der Waals surface area contributed by atoms with Crippen molar-refractivity contribution in [1.29, 1.82) is 0 Å². The van der Waals surface area contributed by atoms with Crippen LogP contribution in [0.5, 0.6) is 0 Å². The van der Waals surface area contributed by atoms with Gasteiger partial charge >= 0.3 is 5.97 Å². The molecular weight excluding hydrogens is 346 g/mol. The fraction of sp³-hybridized carbons (Fsp3) is 0.480. The van der Waals surface area contributed by atoms with Crippen molar-refractivity contribution in [2.24, 2.45) is 17.8 Å². The Morgan fingerprint density at radius 3 is 1.89 bits per heavy atom. The van der Waals surface area contributed by atoms with Gasteiger partial charge in [-0.2, -0.15) is 0 Å². The SMILES string of the molecule is COC(=O)c1ccc(-c2ccc(CNC34CC5CC(CC(C5)C3)C4)cc2)cc1. The normalized spacial score (nSPS) is 30.4. The van der Waals surface area contributed by atoms with E-state index >= 15 is 0 Å². The number of carbonyl (C=O) groups excluding carboxylic acids is 1. The maximum absolute atomic E-state index is 11.6. The topological polar surface area (TPSA) is 38.3 Å². The van der Waals surface area contributed by atoms with Gasteiger partial charge in [0.1, 0.15) is 0 Å². The first-order chi connectivity index (χ1) is 13.6. The van der Waals surface area contributed by atoms with Gasteiger partial charge in [-0.25, -0.2) is 4.79 Å². The van der Waals surface area contributed by atoms with Gasteiger partial charge in [0, 0.05) is 12.1 Å². The summed E-state index contributed by atoms with van der Waals surface area (Å²) in [4.78, 5) is 11.6. The molecule has 4 aliphatic rings. The lowest BCUT2D eigenvalue weighted by atomic mass is 9.53. The number of hydrogen-bond donors (Lipinski definition) is 1. The third-order valence-corrected chi connectivity index (χ3v) is 7.30. The fourth-order valence-electron chi connectivity index (χ4n) is 6.35. The fourth-order valence-corrected chi connectivity index (χ4v) is 6.35. The summed E-state index contributed by atoms with van der Waals surface area (Å²) < 4.78 is 4.77. The highest BCUT2D eigenvalue weighted by Gasteiger charge is 2.50. The zero-order valence-corrected chi connectivity index (χ0v) is 16.6. The molecule has 0 spiro atoms. The van der Waals surface area contributed by atoms with Crippen LogP contribution in [0.3, 0.4) is 0 Å². The summed E-state index contributed by atoms with van der Waals surface area (Å²) in [5.41, 5.74) is 4.65. The van der Waals surface area contributed by atoms with Crippen molar-refractivity contribution in [3.63, 3.8) is 0 Å². The van der Waals surface area contributed by atoms with E-state index in [1.54, 1.807) is 0 Å². The van der Waals surface area contributed by atoms with Crippen LogP contribution in [0.1, 0.15) is 54.4 Å². The molecule has 4 fully saturated rings. The Kier molecular flexibility index (Phi) is 4.51. The van der Waals surface area contributed by atoms with Gasteiger partial charge in [-0.3, -0.25) is 0 Å². The Balaban J connectivity index is 1.24. The predicted octanol–water partition coefficient (Wildman–Crippen LogP) is 5.20. The highest BCUT2D eigenvalue weighted by molar-refractivity contribution is 5.89. The van der Waals surface area contributed by atoms with Crippen LogP contribution in [0.15, 0.2) is 48.5 Å². The van der Waals surface area contributed by atoms with Gasteiger partial charge < -0.3 is 10.1 Å². The third-order valence-electron chi connectivity index (χ3n) is 7.30. The Morgan fingerprint density at radius 2 is 1.39 bits per heavy atom. The molecule has 0 amide bonds. The third kappa shape index (κ3) is 3.37. The first-order valence-corrected chi connectivity index (χ1v) is 10.7. The molecule has 3 nitrogen and oxygen atoms in total. The predicted molar refractivity (Wildman–Crippen MR) is 111 cm³/mol. The quantitative estimate of drug-likeness (QED) is 0.730. The lowest BCUT2D eigenvalue weighted by Crippen LogP contribution is -2.58. The largest absolute Gasteiger partial charge is 0.465 e. The molecular formula is C25H29NO2. The van der Waals surface area contributed by atoms with E-state index in [4.69, 9.17) is 4.74 Å². The van der Waals surface area contributed by atoms with E-state index in [0.29, 0.717) is 11.1 Å². The Hall–Kier alpha value is -2.13. The van der Waals surface area contributed by atoms with Gasteiger partial charge in [-0.05, 0) is 85.1 Å². The standard InChI is InChI=1S/C25H29NO2/c1-28-24(27)23-8-6-22(7-9-23)21-4-2-17(3-5-21)16-26-25-13-18-10-19(14-25)12-20(11-18)15-25/h2-9,18-20,26H,10-16H2,1H3. The van der Waals surface area contributed by atoms with Crippen LogP contribution in [0.4, 0.5) is 0 Å². The van der Waals surface area contributed by atoms with Crippen molar-refractivity contribution < 1.29 is 9.53 Å². The molecule has 0 unspecified atom stereocenters. The molecule has 0 atom stereocenters. The van der Waals surface area contributed by atoms with Crippen LogP contribution >= 0.6 is 0 Å². The van der Waals surface area contributed by atoms with E-state index in [1.807, 2.05) is 24.3 Å². The number of esters is 1. The summed E-state index contributed by atoms with van der Waals surface area (Å²) >= 11 is 0. The van der Waals surface area contributed by atoms with Crippen LogP contribution in [0.2, 0.25) is 0 Å². The number of benzene rings is 2. The van der Waals surface area contributed by atoms with Gasteiger partial charge in [-0.15, -0.1) is 0 Å². The number of ether oxygens (including phenoxy) is 1. The number of hydrogen-bond acceptors (Lipinski definition) is 3. The molecule has 4 aliphatic carbocycles. The summed E-state index contributed by atoms with van der Waals surface area (Å²) in [7, 11) is 1.41. The second-order valence-corrected chi connectivity index (χ2v) is 9.32. The maximum Gasteiger partial charge on any atom is 0.337 e. The van der Waals surface area contributed by atoms with Crippen LogP contribution in [0.25, 0.3) is 11.1 Å². The molecule has 0 heterocycles. The van der Waals surface area contributed by atoms with E-state index in [1.165, 1.54) is 56.8 Å². The molecule has 0 radical (unpaired) electrons. The molecule has 2 aromatic rings. The number of nitrogens with one attached hydrogen (secondary N) is 1. The molecule has 0 aliphatic heterocycles. The smallest absolute Gasteiger partial charge is 0.337 e. The van der Waals surface area contributed by atoms with Gasteiger partial charge in [0.2, 0.25) is 0 Å². The van der Waals surface area contributed by atoms with Gasteiger partial charge in [-0.1, -0.05) is 36.4 Å². The summed E-state index contributed by atoms with van der Waals surface area (Å²) in [5.74, 6) is 2.65. The van der Waals surface area contributed by atoms with Gasteiger partial charge in [0.15, 0.2) is 0 Å². The minimum atomic E-state index is -0.294. The minimum Gasteiger partial charge on any atom is -0.465 e. The van der Waals surface area contributed by atoms with E-state index in [-0.39, 0.29) is 5.97 Å². The zero-order chi connectivity index (χ0) is 19.1. The Bertz CT molecular complexity index is 818. The second kappa shape index (κ2) is 7.04. The number of methoxy groups -OCH3 is 1. The van der Waals surface area contributed by atoms with Crippen molar-refractivity contribution in [2.75, 3.05) is 7.11 Å². The first kappa shape index (κ1) is 17.9. The second-order valence-electron chi connectivity index (χ2n) is 9.32. The molecule has 4 bridgehead atoms. The molecule has 146 valence electrons. The lowest BCUT2D eigenvalue weighted by Gasteiger charge is -2.57. The van der Waals surface area contributed by atoms with Crippen molar-refractivity contribution in [1.82, 2.24) is 5.32 Å². The average molecular weight is 376 g/mol. The van der Waals surface area contributed by atoms with Crippen molar-refractivity contribution >= 4 is 5.97 Å². The highest BCUT2D eigenvalue weighted by atomic mass is 16.5. The summed E-state index contributed by atoms with van der Waals surface area (Å²) in [6, 6.07) is 16.4. The van der Waals surface area contributed by atoms with E-state index in [9.17, 15) is 4.79 Å². The molecule has 0 saturated heterocycles. The van der Waals surface area contributed by atoms with E-state index < -0.39 is 0 Å².